The van der Waals surface area contributed by atoms with Gasteiger partial charge in [0.25, 0.3) is 5.91 Å². The zero-order chi connectivity index (χ0) is 19.7. The number of rotatable bonds is 4. The number of hydrogen-bond donors (Lipinski definition) is 0. The van der Waals surface area contributed by atoms with Crippen molar-refractivity contribution < 1.29 is 17.6 Å². The van der Waals surface area contributed by atoms with Gasteiger partial charge in [0.1, 0.15) is 5.82 Å². The molecule has 28 heavy (non-hydrogen) atoms. The summed E-state index contributed by atoms with van der Waals surface area (Å²) >= 11 is 0. The molecule has 0 radical (unpaired) electrons. The predicted molar refractivity (Wildman–Crippen MR) is 107 cm³/mol. The number of halogens is 1. The maximum Gasteiger partial charge on any atom is 0.255 e. The van der Waals surface area contributed by atoms with E-state index in [1.807, 2.05) is 36.4 Å². The number of amides is 1. The highest BCUT2D eigenvalue weighted by atomic mass is 32.2. The zero-order valence-corrected chi connectivity index (χ0v) is 16.0. The Labute approximate surface area is 163 Å². The molecule has 1 atom stereocenters. The third-order valence-electron chi connectivity index (χ3n) is 5.17. The second kappa shape index (κ2) is 7.36. The van der Waals surface area contributed by atoms with Gasteiger partial charge in [-0.2, -0.15) is 0 Å². The van der Waals surface area contributed by atoms with Crippen LogP contribution in [0.3, 0.4) is 0 Å². The average Bonchev–Trinajstić information content (AvgIpc) is 3.04. The minimum absolute atomic E-state index is 0.0567. The third kappa shape index (κ3) is 3.78. The molecule has 1 aliphatic rings. The summed E-state index contributed by atoms with van der Waals surface area (Å²) in [7, 11) is -3.17. The molecule has 0 N–H and O–H groups in total. The third-order valence-corrected chi connectivity index (χ3v) is 6.92. The van der Waals surface area contributed by atoms with Gasteiger partial charge in [0, 0.05) is 18.2 Å². The Morgan fingerprint density at radius 3 is 2.54 bits per heavy atom. The van der Waals surface area contributed by atoms with E-state index >= 15 is 0 Å². The molecule has 0 unspecified atom stereocenters. The molecule has 0 aliphatic carbocycles. The molecule has 1 heterocycles. The van der Waals surface area contributed by atoms with Crippen molar-refractivity contribution in [1.82, 2.24) is 4.90 Å². The molecule has 1 fully saturated rings. The van der Waals surface area contributed by atoms with Crippen molar-refractivity contribution in [3.8, 4) is 0 Å². The molecule has 6 heteroatoms. The van der Waals surface area contributed by atoms with Gasteiger partial charge in [-0.05, 0) is 41.0 Å². The van der Waals surface area contributed by atoms with Crippen molar-refractivity contribution in [3.05, 3.63) is 83.7 Å². The lowest BCUT2D eigenvalue weighted by Crippen LogP contribution is -2.40. The molecule has 1 saturated heterocycles. The Hall–Kier alpha value is -2.73. The van der Waals surface area contributed by atoms with E-state index in [2.05, 4.69) is 0 Å². The Kier molecular flexibility index (Phi) is 4.89. The lowest BCUT2D eigenvalue weighted by atomic mass is 10.0. The fourth-order valence-electron chi connectivity index (χ4n) is 3.79. The Balaban J connectivity index is 1.74. The molecule has 1 amide bonds. The van der Waals surface area contributed by atoms with Crippen LogP contribution in [0.15, 0.2) is 66.7 Å². The Morgan fingerprint density at radius 1 is 1.04 bits per heavy atom. The maximum atomic E-state index is 13.7. The van der Waals surface area contributed by atoms with Gasteiger partial charge in [-0.25, -0.2) is 12.8 Å². The molecule has 0 saturated carbocycles. The smallest absolute Gasteiger partial charge is 0.255 e. The minimum atomic E-state index is -3.17. The highest BCUT2D eigenvalue weighted by Gasteiger charge is 2.35. The second-order valence-electron chi connectivity index (χ2n) is 7.15. The van der Waals surface area contributed by atoms with Crippen LogP contribution < -0.4 is 0 Å². The number of hydrogen-bond acceptors (Lipinski definition) is 3. The highest BCUT2D eigenvalue weighted by Crippen LogP contribution is 2.26. The van der Waals surface area contributed by atoms with Gasteiger partial charge in [0.05, 0.1) is 11.5 Å². The number of carbonyl (C=O) groups excluding carboxylic acids is 1. The minimum Gasteiger partial charge on any atom is -0.330 e. The van der Waals surface area contributed by atoms with E-state index in [4.69, 9.17) is 0 Å². The van der Waals surface area contributed by atoms with E-state index < -0.39 is 15.9 Å². The monoisotopic (exact) mass is 397 g/mol. The summed E-state index contributed by atoms with van der Waals surface area (Å²) < 4.78 is 37.7. The van der Waals surface area contributed by atoms with Gasteiger partial charge < -0.3 is 4.90 Å². The largest absolute Gasteiger partial charge is 0.330 e. The molecule has 0 aromatic heterocycles. The van der Waals surface area contributed by atoms with E-state index in [1.54, 1.807) is 23.1 Å². The van der Waals surface area contributed by atoms with Crippen molar-refractivity contribution in [1.29, 1.82) is 0 Å². The van der Waals surface area contributed by atoms with Crippen LogP contribution in [-0.2, 0) is 16.4 Å². The Bertz CT molecular complexity index is 1140. The maximum absolute atomic E-state index is 13.7. The number of carbonyl (C=O) groups is 1. The van der Waals surface area contributed by atoms with Gasteiger partial charge in [0.2, 0.25) is 0 Å². The molecular formula is C22H20FNO3S. The van der Waals surface area contributed by atoms with Crippen molar-refractivity contribution in [3.63, 3.8) is 0 Å². The highest BCUT2D eigenvalue weighted by molar-refractivity contribution is 7.91. The van der Waals surface area contributed by atoms with Crippen LogP contribution in [0.1, 0.15) is 22.3 Å². The standard InChI is InChI=1S/C22H20FNO3S/c23-18-8-3-5-16(13-18)14-24(19-11-12-28(26,27)15-19)22(25)21-10-4-7-17-6-1-2-9-20(17)21/h1-10,13,19H,11-12,14-15H2/t19-/m0/s1. The summed E-state index contributed by atoms with van der Waals surface area (Å²) in [6.45, 7) is 0.167. The van der Waals surface area contributed by atoms with Gasteiger partial charge >= 0.3 is 0 Å². The fourth-order valence-corrected chi connectivity index (χ4v) is 5.52. The lowest BCUT2D eigenvalue weighted by Gasteiger charge is -2.29. The summed E-state index contributed by atoms with van der Waals surface area (Å²) in [5.74, 6) is -0.601. The summed E-state index contributed by atoms with van der Waals surface area (Å²) in [5.41, 5.74) is 1.16. The number of sulfone groups is 1. The topological polar surface area (TPSA) is 54.5 Å². The molecule has 144 valence electrons. The van der Waals surface area contributed by atoms with Crippen LogP contribution >= 0.6 is 0 Å². The van der Waals surface area contributed by atoms with E-state index in [0.717, 1.165) is 10.8 Å². The molecule has 1 aliphatic heterocycles. The van der Waals surface area contributed by atoms with Crippen LogP contribution in [0.5, 0.6) is 0 Å². The number of nitrogens with zero attached hydrogens (tertiary/aromatic N) is 1. The summed E-state index contributed by atoms with van der Waals surface area (Å²) in [6.07, 6.45) is 0.397. The van der Waals surface area contributed by atoms with Crippen molar-refractivity contribution in [2.45, 2.75) is 19.0 Å². The molecule has 4 rings (SSSR count). The predicted octanol–water partition coefficient (Wildman–Crippen LogP) is 3.81. The van der Waals surface area contributed by atoms with E-state index in [9.17, 15) is 17.6 Å². The lowest BCUT2D eigenvalue weighted by molar-refractivity contribution is 0.0683. The zero-order valence-electron chi connectivity index (χ0n) is 15.2. The van der Waals surface area contributed by atoms with E-state index in [-0.39, 0.29) is 29.8 Å². The number of benzene rings is 3. The first-order valence-electron chi connectivity index (χ1n) is 9.16. The molecule has 3 aromatic rings. The van der Waals surface area contributed by atoms with Gasteiger partial charge in [-0.3, -0.25) is 4.79 Å². The van der Waals surface area contributed by atoms with Crippen LogP contribution in [0.4, 0.5) is 4.39 Å². The fraction of sp³-hybridized carbons (Fsp3) is 0.227. The molecule has 3 aromatic carbocycles. The average molecular weight is 397 g/mol. The summed E-state index contributed by atoms with van der Waals surface area (Å²) in [6, 6.07) is 18.8. The van der Waals surface area contributed by atoms with E-state index in [0.29, 0.717) is 17.5 Å². The molecule has 0 bridgehead atoms. The van der Waals surface area contributed by atoms with Crippen LogP contribution in [-0.4, -0.2) is 36.8 Å². The SMILES string of the molecule is O=C(c1cccc2ccccc12)N(Cc1cccc(F)c1)[C@H]1CCS(=O)(=O)C1. The Morgan fingerprint density at radius 2 is 1.79 bits per heavy atom. The van der Waals surface area contributed by atoms with Crippen molar-refractivity contribution >= 4 is 26.5 Å². The van der Waals surface area contributed by atoms with Gasteiger partial charge in [-0.15, -0.1) is 0 Å². The summed E-state index contributed by atoms with van der Waals surface area (Å²) in [5, 5.41) is 1.76. The van der Waals surface area contributed by atoms with Crippen LogP contribution in [0.2, 0.25) is 0 Å². The first-order valence-corrected chi connectivity index (χ1v) is 11.0. The first kappa shape index (κ1) is 18.6. The van der Waals surface area contributed by atoms with Crippen LogP contribution in [0.25, 0.3) is 10.8 Å². The van der Waals surface area contributed by atoms with Crippen LogP contribution in [0, 0.1) is 5.82 Å². The normalized spacial score (nSPS) is 18.2. The second-order valence-corrected chi connectivity index (χ2v) is 9.38. The van der Waals surface area contributed by atoms with Crippen molar-refractivity contribution in [2.24, 2.45) is 0 Å². The van der Waals surface area contributed by atoms with Gasteiger partial charge in [0.15, 0.2) is 9.84 Å². The summed E-state index contributed by atoms with van der Waals surface area (Å²) in [4.78, 5) is 15.1. The van der Waals surface area contributed by atoms with E-state index in [1.165, 1.54) is 12.1 Å². The quantitative estimate of drug-likeness (QED) is 0.673. The first-order chi connectivity index (χ1) is 13.4. The van der Waals surface area contributed by atoms with Crippen molar-refractivity contribution in [2.75, 3.05) is 11.5 Å². The van der Waals surface area contributed by atoms with Gasteiger partial charge in [-0.1, -0.05) is 48.5 Å². The molecular weight excluding hydrogens is 377 g/mol. The number of fused-ring (bicyclic) bond motifs is 1. The molecule has 0 spiro atoms. The molecule has 4 nitrogen and oxygen atoms in total.